The topological polar surface area (TPSA) is 69.4 Å². The summed E-state index contributed by atoms with van der Waals surface area (Å²) in [6.45, 7) is 2.33. The van der Waals surface area contributed by atoms with Crippen LogP contribution in [0.5, 0.6) is 0 Å². The number of halogens is 3. The SMILES string of the molecule is CC1(/C(O)=C(/Cc2cccc(C(F)(F)F)c2)n2cncn2)COCOC1. The first-order valence-corrected chi connectivity index (χ1v) is 7.89. The Hall–Kier alpha value is -2.39. The molecule has 0 aliphatic carbocycles. The molecular weight excluding hydrogens is 351 g/mol. The van der Waals surface area contributed by atoms with E-state index in [2.05, 4.69) is 10.1 Å². The van der Waals surface area contributed by atoms with Gasteiger partial charge in [-0.2, -0.15) is 18.3 Å². The van der Waals surface area contributed by atoms with Crippen molar-refractivity contribution in [3.05, 3.63) is 53.8 Å². The molecule has 140 valence electrons. The van der Waals surface area contributed by atoms with Crippen molar-refractivity contribution in [3.8, 4) is 0 Å². The van der Waals surface area contributed by atoms with Crippen molar-refractivity contribution in [2.45, 2.75) is 19.5 Å². The van der Waals surface area contributed by atoms with Crippen LogP contribution in [-0.4, -0.2) is 39.9 Å². The molecular formula is C17H18F3N3O3. The highest BCUT2D eigenvalue weighted by Gasteiger charge is 2.36. The highest BCUT2D eigenvalue weighted by molar-refractivity contribution is 5.53. The van der Waals surface area contributed by atoms with Crippen LogP contribution in [0.4, 0.5) is 13.2 Å². The lowest BCUT2D eigenvalue weighted by molar-refractivity contribution is -0.155. The number of aliphatic hydroxyl groups is 1. The van der Waals surface area contributed by atoms with E-state index in [1.54, 1.807) is 13.0 Å². The standard InChI is InChI=1S/C17H18F3N3O3/c1-16(7-25-11-26-8-16)15(24)14(23-10-21-9-22-23)6-12-3-2-4-13(5-12)17(18,19)20/h2-5,9-10,24H,6-8,11H2,1H3/b15-14+. The van der Waals surface area contributed by atoms with Gasteiger partial charge in [-0.25, -0.2) is 9.67 Å². The molecule has 1 aromatic heterocycles. The normalized spacial score (nSPS) is 18.5. The van der Waals surface area contributed by atoms with Crippen LogP contribution < -0.4 is 0 Å². The lowest BCUT2D eigenvalue weighted by Crippen LogP contribution is -2.37. The van der Waals surface area contributed by atoms with Crippen molar-refractivity contribution in [3.63, 3.8) is 0 Å². The Balaban J connectivity index is 2.00. The third-order valence-electron chi connectivity index (χ3n) is 4.17. The van der Waals surface area contributed by atoms with E-state index < -0.39 is 17.2 Å². The predicted molar refractivity (Wildman–Crippen MR) is 85.9 cm³/mol. The molecule has 1 aromatic carbocycles. The number of rotatable bonds is 4. The number of allylic oxidation sites excluding steroid dienone is 1. The maximum Gasteiger partial charge on any atom is 0.416 e. The minimum absolute atomic E-state index is 0.0364. The second-order valence-corrected chi connectivity index (χ2v) is 6.39. The summed E-state index contributed by atoms with van der Waals surface area (Å²) in [5.41, 5.74) is -0.874. The number of aliphatic hydroxyl groups excluding tert-OH is 1. The van der Waals surface area contributed by atoms with Crippen LogP contribution in [0.1, 0.15) is 18.1 Å². The molecule has 1 fully saturated rings. The quantitative estimate of drug-likeness (QED) is 0.838. The van der Waals surface area contributed by atoms with Crippen LogP contribution in [0.15, 0.2) is 42.7 Å². The van der Waals surface area contributed by atoms with Crippen LogP contribution in [0.25, 0.3) is 5.70 Å². The fraction of sp³-hybridized carbons (Fsp3) is 0.412. The van der Waals surface area contributed by atoms with Crippen molar-refractivity contribution >= 4 is 5.70 Å². The minimum Gasteiger partial charge on any atom is -0.510 e. The Bertz CT molecular complexity index is 782. The first-order valence-electron chi connectivity index (χ1n) is 7.89. The molecule has 0 bridgehead atoms. The summed E-state index contributed by atoms with van der Waals surface area (Å²) in [5, 5.41) is 14.9. The molecule has 3 rings (SSSR count). The van der Waals surface area contributed by atoms with Gasteiger partial charge in [-0.05, 0) is 18.6 Å². The molecule has 0 unspecified atom stereocenters. The second kappa shape index (κ2) is 7.08. The van der Waals surface area contributed by atoms with E-state index in [4.69, 9.17) is 9.47 Å². The fourth-order valence-electron chi connectivity index (χ4n) is 2.79. The zero-order valence-electron chi connectivity index (χ0n) is 14.0. The number of alkyl halides is 3. The van der Waals surface area contributed by atoms with Gasteiger partial charge in [0.2, 0.25) is 0 Å². The molecule has 0 amide bonds. The summed E-state index contributed by atoms with van der Waals surface area (Å²) in [7, 11) is 0. The van der Waals surface area contributed by atoms with E-state index in [9.17, 15) is 18.3 Å². The van der Waals surface area contributed by atoms with Gasteiger partial charge < -0.3 is 14.6 Å². The van der Waals surface area contributed by atoms with Gasteiger partial charge in [-0.3, -0.25) is 0 Å². The Kier molecular flexibility index (Phi) is 5.01. The number of benzene rings is 1. The van der Waals surface area contributed by atoms with E-state index in [0.29, 0.717) is 11.3 Å². The molecule has 0 atom stereocenters. The van der Waals surface area contributed by atoms with Crippen molar-refractivity contribution < 1.29 is 27.8 Å². The van der Waals surface area contributed by atoms with E-state index in [0.717, 1.165) is 12.1 Å². The number of hydrogen-bond donors (Lipinski definition) is 1. The Morgan fingerprint density at radius 1 is 1.31 bits per heavy atom. The maximum atomic E-state index is 13.0. The van der Waals surface area contributed by atoms with Gasteiger partial charge in [0, 0.05) is 6.42 Å². The molecule has 1 aliphatic heterocycles. The van der Waals surface area contributed by atoms with Crippen LogP contribution in [0.3, 0.4) is 0 Å². The monoisotopic (exact) mass is 369 g/mol. The smallest absolute Gasteiger partial charge is 0.416 e. The predicted octanol–water partition coefficient (Wildman–Crippen LogP) is 3.28. The summed E-state index contributed by atoms with van der Waals surface area (Å²) in [4.78, 5) is 3.86. The van der Waals surface area contributed by atoms with Crippen molar-refractivity contribution in [2.75, 3.05) is 20.0 Å². The molecule has 0 radical (unpaired) electrons. The number of nitrogens with zero attached hydrogens (tertiary/aromatic N) is 3. The zero-order valence-corrected chi connectivity index (χ0v) is 14.0. The van der Waals surface area contributed by atoms with Gasteiger partial charge in [-0.1, -0.05) is 18.2 Å². The van der Waals surface area contributed by atoms with Gasteiger partial charge in [0.25, 0.3) is 0 Å². The average Bonchev–Trinajstić information content (AvgIpc) is 3.13. The van der Waals surface area contributed by atoms with Crippen LogP contribution in [0, 0.1) is 5.41 Å². The Labute approximate surface area is 147 Å². The summed E-state index contributed by atoms with van der Waals surface area (Å²) in [6, 6.07) is 4.96. The first kappa shape index (κ1) is 18.4. The molecule has 1 saturated heterocycles. The molecule has 2 aromatic rings. The maximum absolute atomic E-state index is 13.0. The second-order valence-electron chi connectivity index (χ2n) is 6.39. The highest BCUT2D eigenvalue weighted by atomic mass is 19.4. The Morgan fingerprint density at radius 3 is 2.65 bits per heavy atom. The van der Waals surface area contributed by atoms with E-state index >= 15 is 0 Å². The minimum atomic E-state index is -4.44. The number of hydrogen-bond acceptors (Lipinski definition) is 5. The van der Waals surface area contributed by atoms with Crippen LogP contribution >= 0.6 is 0 Å². The average molecular weight is 369 g/mol. The molecule has 6 nitrogen and oxygen atoms in total. The van der Waals surface area contributed by atoms with Crippen molar-refractivity contribution in [1.82, 2.24) is 14.8 Å². The molecule has 26 heavy (non-hydrogen) atoms. The molecule has 9 heteroatoms. The molecule has 1 aliphatic rings. The molecule has 2 heterocycles. The summed E-state index contributed by atoms with van der Waals surface area (Å²) >= 11 is 0. The summed E-state index contributed by atoms with van der Waals surface area (Å²) < 4.78 is 50.8. The van der Waals surface area contributed by atoms with E-state index in [1.807, 2.05) is 0 Å². The van der Waals surface area contributed by atoms with Crippen LogP contribution in [-0.2, 0) is 22.1 Å². The molecule has 1 N–H and O–H groups in total. The molecule has 0 spiro atoms. The van der Waals surface area contributed by atoms with Gasteiger partial charge >= 0.3 is 6.18 Å². The first-order chi connectivity index (χ1) is 12.3. The fourth-order valence-corrected chi connectivity index (χ4v) is 2.79. The lowest BCUT2D eigenvalue weighted by atomic mass is 9.87. The summed E-state index contributed by atoms with van der Waals surface area (Å²) in [5.74, 6) is -0.0555. The Morgan fingerprint density at radius 2 is 2.04 bits per heavy atom. The zero-order chi connectivity index (χ0) is 18.8. The summed E-state index contributed by atoms with van der Waals surface area (Å²) in [6.07, 6.45) is -1.73. The van der Waals surface area contributed by atoms with Gasteiger partial charge in [0.15, 0.2) is 0 Å². The number of ether oxygens (including phenoxy) is 2. The van der Waals surface area contributed by atoms with Gasteiger partial charge in [0.1, 0.15) is 25.2 Å². The molecule has 0 saturated carbocycles. The van der Waals surface area contributed by atoms with Crippen molar-refractivity contribution in [2.24, 2.45) is 5.41 Å². The largest absolute Gasteiger partial charge is 0.510 e. The number of aromatic nitrogens is 3. The van der Waals surface area contributed by atoms with E-state index in [-0.39, 0.29) is 32.2 Å². The van der Waals surface area contributed by atoms with Gasteiger partial charge in [0.05, 0.1) is 29.9 Å². The highest BCUT2D eigenvalue weighted by Crippen LogP contribution is 2.34. The third-order valence-corrected chi connectivity index (χ3v) is 4.17. The third kappa shape index (κ3) is 3.88. The van der Waals surface area contributed by atoms with Gasteiger partial charge in [-0.15, -0.1) is 0 Å². The van der Waals surface area contributed by atoms with Crippen molar-refractivity contribution in [1.29, 1.82) is 0 Å². The van der Waals surface area contributed by atoms with Crippen LogP contribution in [0.2, 0.25) is 0 Å². The lowest BCUT2D eigenvalue weighted by Gasteiger charge is -2.33. The van der Waals surface area contributed by atoms with E-state index in [1.165, 1.54) is 23.4 Å².